The molecule has 1 atom stereocenters. The Kier molecular flexibility index (Phi) is 4.69. The minimum atomic E-state index is -1.13. The molecule has 0 radical (unpaired) electrons. The van der Waals surface area contributed by atoms with E-state index in [-0.39, 0.29) is 12.5 Å². The van der Waals surface area contributed by atoms with Crippen molar-refractivity contribution in [3.05, 3.63) is 59.1 Å². The molecule has 6 heteroatoms. The fraction of sp³-hybridized carbons (Fsp3) is 0.333. The third-order valence-electron chi connectivity index (χ3n) is 4.12. The Labute approximate surface area is 145 Å². The highest BCUT2D eigenvalue weighted by molar-refractivity contribution is 7.05. The van der Waals surface area contributed by atoms with Gasteiger partial charge in [0.25, 0.3) is 0 Å². The molecule has 0 fully saturated rings. The molecule has 1 N–H and O–H groups in total. The van der Waals surface area contributed by atoms with Crippen LogP contribution in [0.3, 0.4) is 0 Å². The largest absolute Gasteiger partial charge is 0.493 e. The maximum absolute atomic E-state index is 12.3. The number of hydrogen-bond donors (Lipinski definition) is 1. The second-order valence-corrected chi connectivity index (χ2v) is 6.85. The summed E-state index contributed by atoms with van der Waals surface area (Å²) in [6.07, 6.45) is 1.72. The number of amides is 1. The third-order valence-corrected chi connectivity index (χ3v) is 4.98. The van der Waals surface area contributed by atoms with E-state index >= 15 is 0 Å². The van der Waals surface area contributed by atoms with Crippen LogP contribution in [-0.2, 0) is 16.9 Å². The van der Waals surface area contributed by atoms with Crippen molar-refractivity contribution in [1.29, 1.82) is 0 Å². The standard InChI is InChI=1S/C18H20N2O3S/c1-3-17(21)20(11-14-10-13(2)19-24-14)12-18(22)8-9-23-16-7-5-4-6-15(16)18/h3-7,10,22H,1,8-9,11-12H2,2H3. The van der Waals surface area contributed by atoms with Crippen LogP contribution in [0.2, 0.25) is 0 Å². The number of benzene rings is 1. The minimum Gasteiger partial charge on any atom is -0.493 e. The van der Waals surface area contributed by atoms with Gasteiger partial charge in [0.15, 0.2) is 0 Å². The number of nitrogens with zero attached hydrogens (tertiary/aromatic N) is 2. The zero-order chi connectivity index (χ0) is 17.2. The van der Waals surface area contributed by atoms with Crippen LogP contribution in [0, 0.1) is 6.92 Å². The van der Waals surface area contributed by atoms with Gasteiger partial charge in [0, 0.05) is 16.9 Å². The highest BCUT2D eigenvalue weighted by Gasteiger charge is 2.38. The van der Waals surface area contributed by atoms with Crippen molar-refractivity contribution in [3.63, 3.8) is 0 Å². The summed E-state index contributed by atoms with van der Waals surface area (Å²) < 4.78 is 9.87. The molecule has 0 bridgehead atoms. The topological polar surface area (TPSA) is 62.7 Å². The van der Waals surface area contributed by atoms with E-state index in [1.54, 1.807) is 4.90 Å². The smallest absolute Gasteiger partial charge is 0.246 e. The molecule has 1 aliphatic rings. The van der Waals surface area contributed by atoms with Gasteiger partial charge in [-0.3, -0.25) is 4.79 Å². The van der Waals surface area contributed by atoms with Crippen LogP contribution in [0.15, 0.2) is 43.0 Å². The van der Waals surface area contributed by atoms with Crippen molar-refractivity contribution in [1.82, 2.24) is 9.27 Å². The Morgan fingerprint density at radius 2 is 2.33 bits per heavy atom. The molecular formula is C18H20N2O3S. The van der Waals surface area contributed by atoms with Crippen LogP contribution in [0.25, 0.3) is 0 Å². The molecule has 126 valence electrons. The predicted octanol–water partition coefficient (Wildman–Crippen LogP) is 2.64. The predicted molar refractivity (Wildman–Crippen MR) is 92.9 cm³/mol. The fourth-order valence-corrected chi connectivity index (χ4v) is 3.69. The summed E-state index contributed by atoms with van der Waals surface area (Å²) in [7, 11) is 0. The van der Waals surface area contributed by atoms with Crippen molar-refractivity contribution in [2.75, 3.05) is 13.2 Å². The summed E-state index contributed by atoms with van der Waals surface area (Å²) >= 11 is 1.37. The number of carbonyl (C=O) groups excluding carboxylic acids is 1. The molecule has 1 aromatic carbocycles. The Morgan fingerprint density at radius 3 is 3.04 bits per heavy atom. The van der Waals surface area contributed by atoms with Crippen LogP contribution < -0.4 is 4.74 Å². The minimum absolute atomic E-state index is 0.190. The molecule has 1 aromatic heterocycles. The van der Waals surface area contributed by atoms with E-state index in [0.717, 1.165) is 16.1 Å². The van der Waals surface area contributed by atoms with Crippen molar-refractivity contribution in [2.24, 2.45) is 0 Å². The maximum atomic E-state index is 12.3. The molecular weight excluding hydrogens is 324 g/mol. The zero-order valence-corrected chi connectivity index (χ0v) is 14.4. The van der Waals surface area contributed by atoms with Crippen LogP contribution >= 0.6 is 11.5 Å². The molecule has 0 saturated heterocycles. The van der Waals surface area contributed by atoms with E-state index in [9.17, 15) is 9.90 Å². The van der Waals surface area contributed by atoms with E-state index in [4.69, 9.17) is 4.74 Å². The normalized spacial score (nSPS) is 19.2. The van der Waals surface area contributed by atoms with Crippen molar-refractivity contribution in [3.8, 4) is 5.75 Å². The number of carbonyl (C=O) groups is 1. The quantitative estimate of drug-likeness (QED) is 0.847. The summed E-state index contributed by atoms with van der Waals surface area (Å²) in [6, 6.07) is 9.38. The lowest BCUT2D eigenvalue weighted by Crippen LogP contribution is -2.45. The Bertz CT molecular complexity index is 758. The monoisotopic (exact) mass is 344 g/mol. The van der Waals surface area contributed by atoms with Gasteiger partial charge in [-0.2, -0.15) is 4.37 Å². The van der Waals surface area contributed by atoms with Gasteiger partial charge in [-0.1, -0.05) is 24.8 Å². The van der Waals surface area contributed by atoms with E-state index < -0.39 is 5.60 Å². The second kappa shape index (κ2) is 6.75. The fourth-order valence-electron chi connectivity index (χ4n) is 2.94. The lowest BCUT2D eigenvalue weighted by molar-refractivity contribution is -0.131. The zero-order valence-electron chi connectivity index (χ0n) is 13.6. The summed E-state index contributed by atoms with van der Waals surface area (Å²) in [5, 5.41) is 11.2. The van der Waals surface area contributed by atoms with Crippen LogP contribution in [0.1, 0.15) is 22.6 Å². The van der Waals surface area contributed by atoms with E-state index in [1.165, 1.54) is 17.6 Å². The Morgan fingerprint density at radius 1 is 1.54 bits per heavy atom. The van der Waals surface area contributed by atoms with Crippen molar-refractivity contribution < 1.29 is 14.6 Å². The van der Waals surface area contributed by atoms with Gasteiger partial charge in [0.1, 0.15) is 11.4 Å². The molecule has 3 rings (SSSR count). The molecule has 0 aliphatic carbocycles. The number of fused-ring (bicyclic) bond motifs is 1. The third kappa shape index (κ3) is 3.34. The SMILES string of the molecule is C=CC(=O)N(Cc1cc(C)ns1)CC1(O)CCOc2ccccc21. The summed E-state index contributed by atoms with van der Waals surface area (Å²) in [4.78, 5) is 14.9. The van der Waals surface area contributed by atoms with Gasteiger partial charge < -0.3 is 14.7 Å². The molecule has 5 nitrogen and oxygen atoms in total. The molecule has 0 saturated carbocycles. The highest BCUT2D eigenvalue weighted by atomic mass is 32.1. The van der Waals surface area contributed by atoms with Gasteiger partial charge in [-0.05, 0) is 36.7 Å². The van der Waals surface area contributed by atoms with Crippen molar-refractivity contribution >= 4 is 17.4 Å². The molecule has 24 heavy (non-hydrogen) atoms. The molecule has 1 amide bonds. The van der Waals surface area contributed by atoms with Crippen LogP contribution in [-0.4, -0.2) is 33.4 Å². The first-order valence-electron chi connectivity index (χ1n) is 7.80. The number of aromatic nitrogens is 1. The number of rotatable bonds is 5. The first-order valence-corrected chi connectivity index (χ1v) is 8.57. The van der Waals surface area contributed by atoms with Crippen molar-refractivity contribution in [2.45, 2.75) is 25.5 Å². The first-order chi connectivity index (χ1) is 11.5. The van der Waals surface area contributed by atoms with Gasteiger partial charge in [0.2, 0.25) is 5.91 Å². The summed E-state index contributed by atoms with van der Waals surface area (Å²) in [5.74, 6) is 0.462. The molecule has 0 spiro atoms. The molecule has 1 unspecified atom stereocenters. The average molecular weight is 344 g/mol. The average Bonchev–Trinajstić information content (AvgIpc) is 2.99. The summed E-state index contributed by atoms with van der Waals surface area (Å²) in [5.41, 5.74) is 0.516. The van der Waals surface area contributed by atoms with E-state index in [1.807, 2.05) is 37.3 Å². The Balaban J connectivity index is 1.87. The molecule has 2 aromatic rings. The highest BCUT2D eigenvalue weighted by Crippen LogP contribution is 2.37. The number of para-hydroxylation sites is 1. The first kappa shape index (κ1) is 16.7. The number of aryl methyl sites for hydroxylation is 1. The molecule has 1 aliphatic heterocycles. The van der Waals surface area contributed by atoms with E-state index in [2.05, 4.69) is 11.0 Å². The van der Waals surface area contributed by atoms with Gasteiger partial charge in [-0.25, -0.2) is 0 Å². The number of ether oxygens (including phenoxy) is 1. The second-order valence-electron chi connectivity index (χ2n) is 5.96. The summed E-state index contributed by atoms with van der Waals surface area (Å²) in [6.45, 7) is 6.51. The van der Waals surface area contributed by atoms with Crippen LogP contribution in [0.5, 0.6) is 5.75 Å². The van der Waals surface area contributed by atoms with Crippen LogP contribution in [0.4, 0.5) is 0 Å². The van der Waals surface area contributed by atoms with Gasteiger partial charge >= 0.3 is 0 Å². The van der Waals surface area contributed by atoms with E-state index in [0.29, 0.717) is 25.3 Å². The number of aliphatic hydroxyl groups is 1. The maximum Gasteiger partial charge on any atom is 0.246 e. The lowest BCUT2D eigenvalue weighted by atomic mass is 9.87. The lowest BCUT2D eigenvalue weighted by Gasteiger charge is -2.38. The number of hydrogen-bond acceptors (Lipinski definition) is 5. The Hall–Kier alpha value is -2.18. The van der Waals surface area contributed by atoms with Gasteiger partial charge in [0.05, 0.1) is 25.4 Å². The van der Waals surface area contributed by atoms with Gasteiger partial charge in [-0.15, -0.1) is 0 Å². The molecule has 2 heterocycles.